The van der Waals surface area contributed by atoms with Crippen LogP contribution in [0.2, 0.25) is 0 Å². The molecule has 0 aliphatic carbocycles. The maximum atomic E-state index is 12.0. The molecule has 3 amide bonds. The molecule has 0 aromatic heterocycles. The highest BCUT2D eigenvalue weighted by Gasteiger charge is 2.31. The van der Waals surface area contributed by atoms with Gasteiger partial charge in [-0.1, -0.05) is 0 Å². The summed E-state index contributed by atoms with van der Waals surface area (Å²) in [5.74, 6) is -0.479. The average Bonchev–Trinajstić information content (AvgIpc) is 2.29. The van der Waals surface area contributed by atoms with E-state index in [1.165, 1.54) is 29.2 Å². The molecule has 1 fully saturated rings. The lowest BCUT2D eigenvalue weighted by atomic mass is 10.2. The molecule has 0 saturated carbocycles. The molecule has 0 spiro atoms. The number of amides is 3. The molecule has 102 valence electrons. The Hall–Kier alpha value is -2.22. The minimum absolute atomic E-state index is 0.0268. The number of nitrogens with zero attached hydrogens (tertiary/aromatic N) is 1. The fraction of sp³-hybridized carbons (Fsp3) is 0.273. The predicted octanol–water partition coefficient (Wildman–Crippen LogP) is 1.02. The maximum absolute atomic E-state index is 12.0. The van der Waals surface area contributed by atoms with Gasteiger partial charge in [-0.15, -0.1) is 0 Å². The van der Waals surface area contributed by atoms with Crippen molar-refractivity contribution >= 4 is 17.6 Å². The number of alkyl halides is 2. The van der Waals surface area contributed by atoms with E-state index in [2.05, 4.69) is 10.1 Å². The number of rotatable bonds is 3. The highest BCUT2D eigenvalue weighted by atomic mass is 19.3. The van der Waals surface area contributed by atoms with Gasteiger partial charge in [0.25, 0.3) is 0 Å². The molecular formula is C11H11F2N3O3. The molecule has 1 aliphatic heterocycles. The summed E-state index contributed by atoms with van der Waals surface area (Å²) in [6.45, 7) is -2.91. The normalized spacial score (nSPS) is 19.6. The summed E-state index contributed by atoms with van der Waals surface area (Å²) >= 11 is 0. The molecule has 0 radical (unpaired) electrons. The number of nitrogens with one attached hydrogen (secondary N) is 1. The minimum atomic E-state index is -2.91. The number of halogens is 2. The van der Waals surface area contributed by atoms with Crippen LogP contribution in [0.15, 0.2) is 24.3 Å². The summed E-state index contributed by atoms with van der Waals surface area (Å²) < 4.78 is 28.2. The fourth-order valence-electron chi connectivity index (χ4n) is 1.76. The van der Waals surface area contributed by atoms with Gasteiger partial charge in [0, 0.05) is 5.69 Å². The fourth-order valence-corrected chi connectivity index (χ4v) is 1.76. The molecule has 1 aromatic rings. The van der Waals surface area contributed by atoms with Crippen LogP contribution in [0.1, 0.15) is 6.42 Å². The summed E-state index contributed by atoms with van der Waals surface area (Å²) in [6, 6.07) is 4.75. The summed E-state index contributed by atoms with van der Waals surface area (Å²) in [6.07, 6.45) is -0.816. The zero-order chi connectivity index (χ0) is 14.0. The Bertz CT molecular complexity index is 492. The number of carbonyl (C=O) groups is 2. The smallest absolute Gasteiger partial charge is 0.387 e. The van der Waals surface area contributed by atoms with Gasteiger partial charge in [0.1, 0.15) is 5.75 Å². The van der Waals surface area contributed by atoms with E-state index in [4.69, 9.17) is 5.73 Å². The van der Waals surface area contributed by atoms with Crippen molar-refractivity contribution in [2.45, 2.75) is 19.2 Å². The van der Waals surface area contributed by atoms with Gasteiger partial charge >= 0.3 is 12.6 Å². The van der Waals surface area contributed by atoms with Crippen molar-refractivity contribution in [2.75, 3.05) is 4.90 Å². The van der Waals surface area contributed by atoms with Crippen molar-refractivity contribution in [2.24, 2.45) is 5.73 Å². The van der Waals surface area contributed by atoms with Gasteiger partial charge < -0.3 is 10.5 Å². The summed E-state index contributed by atoms with van der Waals surface area (Å²) in [7, 11) is 0. The molecule has 0 bridgehead atoms. The lowest BCUT2D eigenvalue weighted by Crippen LogP contribution is -2.58. The molecule has 1 saturated heterocycles. The van der Waals surface area contributed by atoms with Crippen LogP contribution in [0.25, 0.3) is 0 Å². The molecule has 2 rings (SSSR count). The second-order valence-electron chi connectivity index (χ2n) is 3.87. The maximum Gasteiger partial charge on any atom is 0.387 e. The quantitative estimate of drug-likeness (QED) is 0.859. The summed E-state index contributed by atoms with van der Waals surface area (Å²) in [5.41, 5.74) is 6.09. The number of benzene rings is 1. The second-order valence-corrected chi connectivity index (χ2v) is 3.87. The number of hydrogen-bond acceptors (Lipinski definition) is 4. The highest BCUT2D eigenvalue weighted by molar-refractivity contribution is 6.06. The molecule has 19 heavy (non-hydrogen) atoms. The monoisotopic (exact) mass is 271 g/mol. The third-order valence-electron chi connectivity index (χ3n) is 2.53. The summed E-state index contributed by atoms with van der Waals surface area (Å²) in [4.78, 5) is 23.9. The van der Waals surface area contributed by atoms with Crippen molar-refractivity contribution in [3.8, 4) is 5.75 Å². The zero-order valence-electron chi connectivity index (χ0n) is 9.68. The Balaban J connectivity index is 2.17. The number of carbonyl (C=O) groups excluding carboxylic acids is 2. The lowest BCUT2D eigenvalue weighted by Gasteiger charge is -2.32. The Morgan fingerprint density at radius 3 is 2.47 bits per heavy atom. The third kappa shape index (κ3) is 2.97. The first-order chi connectivity index (χ1) is 8.97. The molecule has 6 nitrogen and oxygen atoms in total. The SMILES string of the molecule is NC1CC(=O)NC(=O)N1c1ccc(OC(F)F)cc1. The van der Waals surface area contributed by atoms with E-state index in [1.54, 1.807) is 0 Å². The standard InChI is InChI=1S/C11H11F2N3O3/c12-10(13)19-7-3-1-6(2-4-7)16-8(14)5-9(17)15-11(16)18/h1-4,8,10H,5,14H2,(H,15,17,18). The van der Waals surface area contributed by atoms with E-state index in [1.807, 2.05) is 0 Å². The molecular weight excluding hydrogens is 260 g/mol. The molecule has 8 heteroatoms. The van der Waals surface area contributed by atoms with Crippen molar-refractivity contribution in [1.29, 1.82) is 0 Å². The van der Waals surface area contributed by atoms with Crippen molar-refractivity contribution in [3.05, 3.63) is 24.3 Å². The van der Waals surface area contributed by atoms with Crippen molar-refractivity contribution in [3.63, 3.8) is 0 Å². The van der Waals surface area contributed by atoms with Gasteiger partial charge in [0.15, 0.2) is 0 Å². The van der Waals surface area contributed by atoms with E-state index in [0.29, 0.717) is 5.69 Å². The Morgan fingerprint density at radius 1 is 1.32 bits per heavy atom. The van der Waals surface area contributed by atoms with Gasteiger partial charge in [-0.05, 0) is 24.3 Å². The number of imide groups is 1. The van der Waals surface area contributed by atoms with Crippen LogP contribution in [-0.4, -0.2) is 24.7 Å². The topological polar surface area (TPSA) is 84.7 Å². The number of anilines is 1. The second kappa shape index (κ2) is 5.19. The van der Waals surface area contributed by atoms with Crippen LogP contribution in [-0.2, 0) is 4.79 Å². The van der Waals surface area contributed by atoms with E-state index < -0.39 is 24.7 Å². The number of nitrogens with two attached hydrogens (primary N) is 1. The molecule has 3 N–H and O–H groups in total. The van der Waals surface area contributed by atoms with E-state index in [9.17, 15) is 18.4 Å². The first-order valence-corrected chi connectivity index (χ1v) is 5.41. The third-order valence-corrected chi connectivity index (χ3v) is 2.53. The first-order valence-electron chi connectivity index (χ1n) is 5.41. The van der Waals surface area contributed by atoms with Crippen LogP contribution >= 0.6 is 0 Å². The molecule has 1 aliphatic rings. The van der Waals surface area contributed by atoms with Gasteiger partial charge in [0.2, 0.25) is 5.91 Å². The molecule has 1 heterocycles. The van der Waals surface area contributed by atoms with Crippen LogP contribution in [0.4, 0.5) is 19.3 Å². The Morgan fingerprint density at radius 2 is 1.95 bits per heavy atom. The number of hydrogen-bond donors (Lipinski definition) is 2. The van der Waals surface area contributed by atoms with Gasteiger partial charge in [0.05, 0.1) is 12.6 Å². The van der Waals surface area contributed by atoms with Crippen LogP contribution in [0.3, 0.4) is 0 Å². The van der Waals surface area contributed by atoms with Crippen LogP contribution in [0, 0.1) is 0 Å². The van der Waals surface area contributed by atoms with E-state index in [-0.39, 0.29) is 12.2 Å². The zero-order valence-corrected chi connectivity index (χ0v) is 9.68. The first kappa shape index (κ1) is 13.2. The van der Waals surface area contributed by atoms with Gasteiger partial charge in [-0.3, -0.25) is 15.0 Å². The van der Waals surface area contributed by atoms with Crippen LogP contribution in [0.5, 0.6) is 5.75 Å². The van der Waals surface area contributed by atoms with Gasteiger partial charge in [-0.2, -0.15) is 8.78 Å². The average molecular weight is 271 g/mol. The molecule has 1 unspecified atom stereocenters. The van der Waals surface area contributed by atoms with Crippen LogP contribution < -0.4 is 20.7 Å². The largest absolute Gasteiger partial charge is 0.435 e. The Kier molecular flexibility index (Phi) is 3.61. The van der Waals surface area contributed by atoms with Crippen molar-refractivity contribution in [1.82, 2.24) is 5.32 Å². The highest BCUT2D eigenvalue weighted by Crippen LogP contribution is 2.23. The number of urea groups is 1. The molecule has 1 aromatic carbocycles. The van der Waals surface area contributed by atoms with E-state index >= 15 is 0 Å². The summed E-state index contributed by atoms with van der Waals surface area (Å²) in [5, 5.41) is 2.12. The van der Waals surface area contributed by atoms with Gasteiger partial charge in [-0.25, -0.2) is 4.79 Å². The predicted molar refractivity (Wildman–Crippen MR) is 61.7 cm³/mol. The van der Waals surface area contributed by atoms with Crippen molar-refractivity contribution < 1.29 is 23.1 Å². The number of ether oxygens (including phenoxy) is 1. The lowest BCUT2D eigenvalue weighted by molar-refractivity contribution is -0.120. The van der Waals surface area contributed by atoms with E-state index in [0.717, 1.165) is 0 Å². The molecule has 1 atom stereocenters. The Labute approximate surface area is 107 Å². The minimum Gasteiger partial charge on any atom is -0.435 e.